The van der Waals surface area contributed by atoms with Crippen LogP contribution in [0.15, 0.2) is 60.9 Å². The first kappa shape index (κ1) is 24.7. The van der Waals surface area contributed by atoms with Crippen LogP contribution in [0.2, 0.25) is 0 Å². The first-order valence-corrected chi connectivity index (χ1v) is 13.5. The number of nitrogens with one attached hydrogen (secondary N) is 1. The number of hydrogen-bond acceptors (Lipinski definition) is 7. The fraction of sp³-hybridized carbons (Fsp3) is 0.276. The molecule has 7 nitrogen and oxygen atoms in total. The molecule has 3 heterocycles. The Hall–Kier alpha value is -3.66. The van der Waals surface area contributed by atoms with Gasteiger partial charge in [0.2, 0.25) is 0 Å². The number of halogens is 1. The smallest absolute Gasteiger partial charge is 0.199 e. The summed E-state index contributed by atoms with van der Waals surface area (Å²) < 4.78 is 16.7. The summed E-state index contributed by atoms with van der Waals surface area (Å²) in [5, 5.41) is 24.3. The number of hydrogen-bond donors (Lipinski definition) is 3. The second-order valence-corrected chi connectivity index (χ2v) is 10.7. The standard InChI is InChI=1S/C29H28FN5O2S/c1-35-13-12-31-28(35)27-33-26(32-19-11-10-17(14-19)15-36)24-23(18-6-3-2-4-7-18)25(38-29(24)34-27)20-8-5-9-22(30)21(20)16-37/h2-9,12-13,17,19,36-37H,10-11,14-16H2,1H3,(H,32,33,34). The Labute approximate surface area is 223 Å². The van der Waals surface area contributed by atoms with E-state index < -0.39 is 12.4 Å². The number of anilines is 1. The van der Waals surface area contributed by atoms with Gasteiger partial charge in [-0.2, -0.15) is 0 Å². The quantitative estimate of drug-likeness (QED) is 0.253. The molecule has 3 aromatic heterocycles. The van der Waals surface area contributed by atoms with Crippen LogP contribution in [-0.2, 0) is 13.7 Å². The van der Waals surface area contributed by atoms with Crippen LogP contribution in [0.5, 0.6) is 0 Å². The lowest BCUT2D eigenvalue weighted by Gasteiger charge is -2.16. The van der Waals surface area contributed by atoms with Gasteiger partial charge in [0.15, 0.2) is 11.6 Å². The Morgan fingerprint density at radius 2 is 1.92 bits per heavy atom. The van der Waals surface area contributed by atoms with E-state index in [1.54, 1.807) is 12.3 Å². The zero-order valence-corrected chi connectivity index (χ0v) is 21.7. The molecule has 0 saturated heterocycles. The van der Waals surface area contributed by atoms with Crippen molar-refractivity contribution in [1.82, 2.24) is 19.5 Å². The number of rotatable bonds is 7. The second-order valence-electron chi connectivity index (χ2n) is 9.74. The van der Waals surface area contributed by atoms with E-state index >= 15 is 0 Å². The summed E-state index contributed by atoms with van der Waals surface area (Å²) in [6, 6.07) is 15.0. The highest BCUT2D eigenvalue weighted by Crippen LogP contribution is 2.48. The van der Waals surface area contributed by atoms with Crippen LogP contribution in [0.3, 0.4) is 0 Å². The zero-order valence-electron chi connectivity index (χ0n) is 20.9. The third-order valence-electron chi connectivity index (χ3n) is 7.30. The van der Waals surface area contributed by atoms with Gasteiger partial charge in [0.1, 0.15) is 16.5 Å². The molecule has 0 amide bonds. The lowest BCUT2D eigenvalue weighted by molar-refractivity contribution is 0.229. The van der Waals surface area contributed by atoms with Crippen LogP contribution in [0.25, 0.3) is 43.4 Å². The topological polar surface area (TPSA) is 96.1 Å². The molecule has 194 valence electrons. The van der Waals surface area contributed by atoms with Crippen LogP contribution in [0.4, 0.5) is 10.2 Å². The van der Waals surface area contributed by atoms with E-state index in [2.05, 4.69) is 10.3 Å². The summed E-state index contributed by atoms with van der Waals surface area (Å²) in [6.45, 7) is -0.234. The van der Waals surface area contributed by atoms with Crippen LogP contribution in [0, 0.1) is 11.7 Å². The SMILES string of the molecule is Cn1ccnc1-c1nc(NC2CCC(CO)C2)c2c(-c3ccccc3)c(-c3cccc(F)c3CO)sc2n1. The first-order valence-electron chi connectivity index (χ1n) is 12.7. The summed E-state index contributed by atoms with van der Waals surface area (Å²) in [7, 11) is 1.90. The van der Waals surface area contributed by atoms with Crippen LogP contribution >= 0.6 is 11.3 Å². The number of nitrogens with zero attached hydrogens (tertiary/aromatic N) is 4. The van der Waals surface area contributed by atoms with Gasteiger partial charge >= 0.3 is 0 Å². The van der Waals surface area contributed by atoms with E-state index in [4.69, 9.17) is 9.97 Å². The number of aromatic nitrogens is 4. The minimum absolute atomic E-state index is 0.161. The molecule has 0 bridgehead atoms. The highest BCUT2D eigenvalue weighted by molar-refractivity contribution is 7.22. The Bertz CT molecular complexity index is 1600. The Morgan fingerprint density at radius 3 is 2.63 bits per heavy atom. The fourth-order valence-electron chi connectivity index (χ4n) is 5.35. The minimum atomic E-state index is -0.444. The molecule has 0 radical (unpaired) electrons. The molecule has 3 N–H and O–H groups in total. The van der Waals surface area contributed by atoms with Gasteiger partial charge in [-0.15, -0.1) is 11.3 Å². The highest BCUT2D eigenvalue weighted by atomic mass is 32.1. The third-order valence-corrected chi connectivity index (χ3v) is 8.41. The Kier molecular flexibility index (Phi) is 6.65. The van der Waals surface area contributed by atoms with E-state index in [1.807, 2.05) is 54.2 Å². The van der Waals surface area contributed by atoms with Crippen LogP contribution in [0.1, 0.15) is 24.8 Å². The van der Waals surface area contributed by atoms with E-state index in [0.29, 0.717) is 23.0 Å². The second kappa shape index (κ2) is 10.2. The predicted molar refractivity (Wildman–Crippen MR) is 148 cm³/mol. The van der Waals surface area contributed by atoms with Gasteiger partial charge < -0.3 is 20.1 Å². The molecule has 0 aliphatic heterocycles. The highest BCUT2D eigenvalue weighted by Gasteiger charge is 2.28. The maximum Gasteiger partial charge on any atom is 0.199 e. The maximum atomic E-state index is 14.8. The van der Waals surface area contributed by atoms with Crippen LogP contribution in [-0.4, -0.2) is 42.4 Å². The number of imidazole rings is 1. The first-order chi connectivity index (χ1) is 18.6. The van der Waals surface area contributed by atoms with E-state index in [9.17, 15) is 14.6 Å². The van der Waals surface area contributed by atoms with Crippen molar-refractivity contribution in [1.29, 1.82) is 0 Å². The van der Waals surface area contributed by atoms with Crippen molar-refractivity contribution in [2.75, 3.05) is 11.9 Å². The molecule has 2 aromatic carbocycles. The third kappa shape index (κ3) is 4.36. The molecule has 9 heteroatoms. The normalized spacial score (nSPS) is 17.4. The molecule has 0 spiro atoms. The maximum absolute atomic E-state index is 14.8. The van der Waals surface area contributed by atoms with Crippen molar-refractivity contribution >= 4 is 27.4 Å². The van der Waals surface area contributed by atoms with Gasteiger partial charge in [0.05, 0.1) is 12.0 Å². The van der Waals surface area contributed by atoms with Gasteiger partial charge in [-0.1, -0.05) is 42.5 Å². The molecule has 38 heavy (non-hydrogen) atoms. The summed E-state index contributed by atoms with van der Waals surface area (Å²) in [5.74, 6) is 1.66. The summed E-state index contributed by atoms with van der Waals surface area (Å²) in [5.41, 5.74) is 2.75. The number of benzene rings is 2. The zero-order chi connectivity index (χ0) is 26.2. The van der Waals surface area contributed by atoms with Gasteiger partial charge in [-0.05, 0) is 36.8 Å². The molecular formula is C29H28FN5O2S. The van der Waals surface area contributed by atoms with Gasteiger partial charge in [0, 0.05) is 53.7 Å². The van der Waals surface area contributed by atoms with Crippen molar-refractivity contribution in [2.45, 2.75) is 31.9 Å². The lowest BCUT2D eigenvalue weighted by atomic mass is 9.97. The molecule has 1 saturated carbocycles. The number of aliphatic hydroxyl groups is 2. The minimum Gasteiger partial charge on any atom is -0.396 e. The average molecular weight is 530 g/mol. The number of fused-ring (bicyclic) bond motifs is 1. The Balaban J connectivity index is 1.64. The van der Waals surface area contributed by atoms with E-state index in [-0.39, 0.29) is 24.1 Å². The summed E-state index contributed by atoms with van der Waals surface area (Å²) >= 11 is 1.46. The van der Waals surface area contributed by atoms with E-state index in [0.717, 1.165) is 45.5 Å². The van der Waals surface area contributed by atoms with Crippen molar-refractivity contribution in [3.05, 3.63) is 72.3 Å². The molecule has 6 rings (SSSR count). The predicted octanol–water partition coefficient (Wildman–Crippen LogP) is 5.63. The molecule has 1 fully saturated rings. The number of aryl methyl sites for hydroxylation is 1. The van der Waals surface area contributed by atoms with Crippen molar-refractivity contribution < 1.29 is 14.6 Å². The lowest BCUT2D eigenvalue weighted by Crippen LogP contribution is -2.18. The fourth-order valence-corrected chi connectivity index (χ4v) is 6.60. The molecule has 1 aliphatic rings. The monoisotopic (exact) mass is 529 g/mol. The summed E-state index contributed by atoms with van der Waals surface area (Å²) in [4.78, 5) is 16.0. The molecule has 2 unspecified atom stereocenters. The molecular weight excluding hydrogens is 501 g/mol. The average Bonchev–Trinajstić information content (AvgIpc) is 3.67. The van der Waals surface area contributed by atoms with Crippen molar-refractivity contribution in [3.63, 3.8) is 0 Å². The number of aliphatic hydroxyl groups excluding tert-OH is 2. The molecule has 5 aromatic rings. The van der Waals surface area contributed by atoms with E-state index in [1.165, 1.54) is 17.4 Å². The number of thiophene rings is 1. The van der Waals surface area contributed by atoms with Gasteiger partial charge in [-0.25, -0.2) is 19.3 Å². The van der Waals surface area contributed by atoms with Gasteiger partial charge in [0.25, 0.3) is 0 Å². The largest absolute Gasteiger partial charge is 0.396 e. The van der Waals surface area contributed by atoms with Crippen LogP contribution < -0.4 is 5.32 Å². The molecule has 1 aliphatic carbocycles. The molecule has 2 atom stereocenters. The summed E-state index contributed by atoms with van der Waals surface area (Å²) in [6.07, 6.45) is 6.32. The van der Waals surface area contributed by atoms with Gasteiger partial charge in [-0.3, -0.25) is 0 Å². The van der Waals surface area contributed by atoms with Crippen molar-refractivity contribution in [3.8, 4) is 33.2 Å². The van der Waals surface area contributed by atoms with Crippen molar-refractivity contribution in [2.24, 2.45) is 13.0 Å². The Morgan fingerprint density at radius 1 is 1.08 bits per heavy atom.